The average molecular weight is 481 g/mol. The Morgan fingerprint density at radius 3 is 2.76 bits per heavy atom. The molecule has 0 spiro atoms. The smallest absolute Gasteiger partial charge is 0.378 e. The fourth-order valence-corrected chi connectivity index (χ4v) is 5.97. The summed E-state index contributed by atoms with van der Waals surface area (Å²) in [5.41, 5.74) is 3.40. The van der Waals surface area contributed by atoms with Gasteiger partial charge in [0, 0.05) is 48.0 Å². The zero-order valence-corrected chi connectivity index (χ0v) is 19.1. The van der Waals surface area contributed by atoms with Gasteiger partial charge in [0.1, 0.15) is 0 Å². The average Bonchev–Trinajstić information content (AvgIpc) is 3.23. The lowest BCUT2D eigenvalue weighted by molar-refractivity contribution is -0.138. The number of thioether (sulfide) groups is 1. The van der Waals surface area contributed by atoms with Gasteiger partial charge in [-0.15, -0.1) is 11.8 Å². The van der Waals surface area contributed by atoms with E-state index in [1.165, 1.54) is 0 Å². The molecule has 2 saturated heterocycles. The summed E-state index contributed by atoms with van der Waals surface area (Å²) in [5.74, 6) is 0.570. The Balaban J connectivity index is 1.49. The Kier molecular flexibility index (Phi) is 6.41. The molecule has 0 bridgehead atoms. The topological polar surface area (TPSA) is 50.6 Å². The van der Waals surface area contributed by atoms with Crippen LogP contribution >= 0.6 is 11.8 Å². The molecule has 10 heteroatoms. The van der Waals surface area contributed by atoms with Crippen LogP contribution in [0.2, 0.25) is 0 Å². The van der Waals surface area contributed by atoms with Crippen LogP contribution in [-0.4, -0.2) is 77.6 Å². The van der Waals surface area contributed by atoms with Crippen LogP contribution in [0.15, 0.2) is 29.2 Å². The normalized spacial score (nSPS) is 21.5. The van der Waals surface area contributed by atoms with E-state index in [0.29, 0.717) is 50.8 Å². The molecular formula is C23H27F3N4O2S. The number of carbonyl (C=O) groups excluding carboxylic acids is 1. The molecule has 178 valence electrons. The number of alkyl halides is 3. The predicted octanol–water partition coefficient (Wildman–Crippen LogP) is 4.22. The Hall–Kier alpha value is -2.04. The number of benzene rings is 1. The fraction of sp³-hybridized carbons (Fsp3) is 0.565. The van der Waals surface area contributed by atoms with Crippen molar-refractivity contribution in [3.05, 3.63) is 35.5 Å². The minimum absolute atomic E-state index is 0.00450. The zero-order valence-electron chi connectivity index (χ0n) is 18.3. The summed E-state index contributed by atoms with van der Waals surface area (Å²) in [4.78, 5) is 18.2. The fourth-order valence-electron chi connectivity index (χ4n) is 4.90. The largest absolute Gasteiger partial charge is 0.390 e. The Morgan fingerprint density at radius 1 is 1.18 bits per heavy atom. The molecule has 3 aliphatic rings. The number of hydrogen-bond donors (Lipinski definition) is 0. The summed E-state index contributed by atoms with van der Waals surface area (Å²) >= 11 is 1.70. The highest BCUT2D eigenvalue weighted by Gasteiger charge is 2.35. The van der Waals surface area contributed by atoms with E-state index in [2.05, 4.69) is 6.07 Å². The highest BCUT2D eigenvalue weighted by atomic mass is 32.2. The molecule has 1 atom stereocenters. The molecule has 0 radical (unpaired) electrons. The Morgan fingerprint density at radius 2 is 1.97 bits per heavy atom. The first-order chi connectivity index (χ1) is 15.9. The molecule has 0 N–H and O–H groups in total. The van der Waals surface area contributed by atoms with Crippen molar-refractivity contribution in [2.24, 2.45) is 0 Å². The first-order valence-electron chi connectivity index (χ1n) is 11.4. The molecular weight excluding hydrogens is 453 g/mol. The molecule has 2 aromatic rings. The molecule has 0 aliphatic carbocycles. The van der Waals surface area contributed by atoms with Crippen molar-refractivity contribution < 1.29 is 22.7 Å². The zero-order chi connectivity index (χ0) is 23.0. The number of amides is 1. The number of halogens is 3. The summed E-state index contributed by atoms with van der Waals surface area (Å²) in [6.45, 7) is 3.27. The van der Waals surface area contributed by atoms with Crippen molar-refractivity contribution in [2.45, 2.75) is 42.1 Å². The molecule has 5 rings (SSSR count). The van der Waals surface area contributed by atoms with E-state index in [1.807, 2.05) is 27.8 Å². The monoisotopic (exact) mass is 480 g/mol. The number of morpholine rings is 1. The van der Waals surface area contributed by atoms with Gasteiger partial charge in [-0.3, -0.25) is 9.48 Å². The third kappa shape index (κ3) is 4.79. The third-order valence-corrected chi connectivity index (χ3v) is 7.66. The number of nitrogens with zero attached hydrogens (tertiary/aromatic N) is 4. The summed E-state index contributed by atoms with van der Waals surface area (Å²) < 4.78 is 45.7. The minimum atomic E-state index is -4.16. The third-order valence-electron chi connectivity index (χ3n) is 6.56. The van der Waals surface area contributed by atoms with Gasteiger partial charge in [-0.05, 0) is 25.5 Å². The lowest BCUT2D eigenvalue weighted by Gasteiger charge is -2.34. The Labute approximate surface area is 195 Å². The number of aromatic nitrogens is 2. The molecule has 0 saturated carbocycles. The number of fused-ring (bicyclic) bond motifs is 3. The van der Waals surface area contributed by atoms with Crippen LogP contribution in [0, 0.1) is 0 Å². The van der Waals surface area contributed by atoms with Gasteiger partial charge in [-0.2, -0.15) is 18.3 Å². The first kappa shape index (κ1) is 22.7. The number of hydrogen-bond acceptors (Lipinski definition) is 5. The summed E-state index contributed by atoms with van der Waals surface area (Å²) in [5, 5.41) is 4.86. The van der Waals surface area contributed by atoms with Crippen molar-refractivity contribution in [2.75, 3.05) is 45.9 Å². The van der Waals surface area contributed by atoms with Crippen molar-refractivity contribution >= 4 is 17.7 Å². The Bertz CT molecular complexity index is 1020. The van der Waals surface area contributed by atoms with Gasteiger partial charge >= 0.3 is 6.18 Å². The number of rotatable bonds is 4. The van der Waals surface area contributed by atoms with Crippen molar-refractivity contribution in [1.82, 2.24) is 19.6 Å². The van der Waals surface area contributed by atoms with E-state index >= 15 is 0 Å². The van der Waals surface area contributed by atoms with Crippen molar-refractivity contribution in [3.63, 3.8) is 0 Å². The second-order valence-corrected chi connectivity index (χ2v) is 9.79. The highest BCUT2D eigenvalue weighted by Crippen LogP contribution is 2.44. The maximum absolute atomic E-state index is 13.4. The molecule has 1 unspecified atom stereocenters. The molecule has 33 heavy (non-hydrogen) atoms. The van der Waals surface area contributed by atoms with Crippen LogP contribution in [0.1, 0.15) is 41.4 Å². The molecule has 1 amide bonds. The quantitative estimate of drug-likeness (QED) is 0.656. The molecule has 3 aliphatic heterocycles. The second kappa shape index (κ2) is 9.31. The van der Waals surface area contributed by atoms with Crippen LogP contribution in [0.25, 0.3) is 11.3 Å². The van der Waals surface area contributed by atoms with E-state index in [4.69, 9.17) is 9.84 Å². The SMILES string of the molecule is O=C(c1nn(C2CCCN(CCC(F)(F)F)C2)c2c1CSc1ccccc1-2)N1CCOCC1. The van der Waals surface area contributed by atoms with Gasteiger partial charge in [0.2, 0.25) is 0 Å². The van der Waals surface area contributed by atoms with Crippen molar-refractivity contribution in [1.29, 1.82) is 0 Å². The standard InChI is InChI=1S/C23H27F3N4O2S/c24-23(25,26)7-9-28-8-3-4-16(14-28)30-21-17-5-1-2-6-19(17)33-15-18(21)20(27-30)22(31)29-10-12-32-13-11-29/h1-2,5-6,16H,3-4,7-15H2. The molecule has 4 heterocycles. The summed E-state index contributed by atoms with van der Waals surface area (Å²) in [7, 11) is 0. The van der Waals surface area contributed by atoms with E-state index in [9.17, 15) is 18.0 Å². The van der Waals surface area contributed by atoms with Crippen LogP contribution in [-0.2, 0) is 10.5 Å². The van der Waals surface area contributed by atoms with E-state index in [1.54, 1.807) is 16.7 Å². The van der Waals surface area contributed by atoms with Crippen molar-refractivity contribution in [3.8, 4) is 11.3 Å². The first-order valence-corrected chi connectivity index (χ1v) is 12.4. The van der Waals surface area contributed by atoms with Gasteiger partial charge in [-0.25, -0.2) is 0 Å². The molecule has 6 nitrogen and oxygen atoms in total. The van der Waals surface area contributed by atoms with E-state index in [-0.39, 0.29) is 18.5 Å². The number of likely N-dealkylation sites (tertiary alicyclic amines) is 1. The maximum atomic E-state index is 13.4. The van der Waals surface area contributed by atoms with Gasteiger partial charge in [0.15, 0.2) is 5.69 Å². The maximum Gasteiger partial charge on any atom is 0.390 e. The number of ether oxygens (including phenoxy) is 1. The molecule has 1 aromatic carbocycles. The van der Waals surface area contributed by atoms with Crippen LogP contribution in [0.5, 0.6) is 0 Å². The lowest BCUT2D eigenvalue weighted by atomic mass is 10.0. The van der Waals surface area contributed by atoms with Crippen LogP contribution in [0.4, 0.5) is 13.2 Å². The summed E-state index contributed by atoms with van der Waals surface area (Å²) in [6.07, 6.45) is -3.33. The molecule has 2 fully saturated rings. The minimum Gasteiger partial charge on any atom is -0.378 e. The van der Waals surface area contributed by atoms with Crippen LogP contribution < -0.4 is 0 Å². The van der Waals surface area contributed by atoms with E-state index < -0.39 is 12.6 Å². The number of piperidine rings is 1. The predicted molar refractivity (Wildman–Crippen MR) is 119 cm³/mol. The van der Waals surface area contributed by atoms with Gasteiger partial charge < -0.3 is 14.5 Å². The van der Waals surface area contributed by atoms with E-state index in [0.717, 1.165) is 34.6 Å². The second-order valence-electron chi connectivity index (χ2n) is 8.77. The lowest BCUT2D eigenvalue weighted by Crippen LogP contribution is -2.41. The molecule has 1 aromatic heterocycles. The van der Waals surface area contributed by atoms with Gasteiger partial charge in [-0.1, -0.05) is 18.2 Å². The summed E-state index contributed by atoms with van der Waals surface area (Å²) in [6, 6.07) is 8.03. The van der Waals surface area contributed by atoms with Gasteiger partial charge in [0.25, 0.3) is 5.91 Å². The highest BCUT2D eigenvalue weighted by molar-refractivity contribution is 7.98. The van der Waals surface area contributed by atoms with Crippen LogP contribution in [0.3, 0.4) is 0 Å². The van der Waals surface area contributed by atoms with Gasteiger partial charge in [0.05, 0.1) is 31.4 Å². The number of carbonyl (C=O) groups is 1.